The summed E-state index contributed by atoms with van der Waals surface area (Å²) in [5, 5.41) is 2.91. The van der Waals surface area contributed by atoms with Gasteiger partial charge in [0.2, 0.25) is 5.88 Å². The van der Waals surface area contributed by atoms with Crippen molar-refractivity contribution in [1.29, 1.82) is 0 Å². The molecule has 32 heavy (non-hydrogen) atoms. The van der Waals surface area contributed by atoms with Gasteiger partial charge in [-0.2, -0.15) is 13.2 Å². The van der Waals surface area contributed by atoms with Crippen molar-refractivity contribution in [3.8, 4) is 5.88 Å². The van der Waals surface area contributed by atoms with Crippen LogP contribution in [0.2, 0.25) is 0 Å². The van der Waals surface area contributed by atoms with Gasteiger partial charge in [0.25, 0.3) is 5.91 Å². The summed E-state index contributed by atoms with van der Waals surface area (Å²) in [5.74, 6) is -0.506. The molecule has 0 spiro atoms. The molecule has 0 aliphatic carbocycles. The molecule has 0 atom stereocenters. The molecule has 1 saturated heterocycles. The molecule has 1 aromatic carbocycles. The minimum Gasteiger partial charge on any atom is -0.468 e. The zero-order valence-electron chi connectivity index (χ0n) is 17.4. The molecule has 1 aliphatic heterocycles. The Morgan fingerprint density at radius 1 is 1.16 bits per heavy atom. The first-order chi connectivity index (χ1) is 15.1. The van der Waals surface area contributed by atoms with Gasteiger partial charge >= 0.3 is 6.18 Å². The number of sulfone groups is 1. The lowest BCUT2D eigenvalue weighted by molar-refractivity contribution is -0.154. The summed E-state index contributed by atoms with van der Waals surface area (Å²) >= 11 is 0. The maximum absolute atomic E-state index is 12.4. The van der Waals surface area contributed by atoms with Crippen LogP contribution in [0.1, 0.15) is 30.1 Å². The van der Waals surface area contributed by atoms with Gasteiger partial charge in [0.1, 0.15) is 0 Å². The Morgan fingerprint density at radius 2 is 1.81 bits per heavy atom. The lowest BCUT2D eigenvalue weighted by Gasteiger charge is -2.34. The second-order valence-corrected chi connectivity index (χ2v) is 9.70. The summed E-state index contributed by atoms with van der Waals surface area (Å²) in [6.45, 7) is 1.54. The zero-order valence-corrected chi connectivity index (χ0v) is 18.2. The van der Waals surface area contributed by atoms with Crippen molar-refractivity contribution in [3.05, 3.63) is 48.2 Å². The molecule has 0 bridgehead atoms. The second kappa shape index (κ2) is 9.76. The molecule has 2 aromatic rings. The van der Waals surface area contributed by atoms with Crippen LogP contribution in [0.4, 0.5) is 18.9 Å². The molecule has 1 N–H and O–H groups in total. The van der Waals surface area contributed by atoms with Crippen LogP contribution < -0.4 is 15.0 Å². The molecular weight excluding hydrogens is 447 g/mol. The van der Waals surface area contributed by atoms with E-state index in [-0.39, 0.29) is 29.1 Å². The fourth-order valence-corrected chi connectivity index (χ4v) is 4.22. The van der Waals surface area contributed by atoms with E-state index in [4.69, 9.17) is 0 Å². The Hall–Kier alpha value is -2.82. The number of amides is 1. The monoisotopic (exact) mass is 471 g/mol. The summed E-state index contributed by atoms with van der Waals surface area (Å²) in [6, 6.07) is 9.33. The lowest BCUT2D eigenvalue weighted by Crippen LogP contribution is -2.44. The normalized spacial score (nSPS) is 15.4. The van der Waals surface area contributed by atoms with E-state index in [0.717, 1.165) is 5.69 Å². The average Bonchev–Trinajstić information content (AvgIpc) is 2.78. The zero-order chi connectivity index (χ0) is 23.4. The molecule has 1 aliphatic rings. The largest absolute Gasteiger partial charge is 0.468 e. The third-order valence-electron chi connectivity index (χ3n) is 5.15. The topological polar surface area (TPSA) is 88.6 Å². The van der Waals surface area contributed by atoms with E-state index in [1.807, 2.05) is 0 Å². The number of nitrogens with one attached hydrogen (secondary N) is 1. The van der Waals surface area contributed by atoms with Crippen molar-refractivity contribution in [2.75, 3.05) is 30.3 Å². The number of hydrogen-bond acceptors (Lipinski definition) is 6. The minimum atomic E-state index is -4.46. The van der Waals surface area contributed by atoms with E-state index >= 15 is 0 Å². The first-order valence-corrected chi connectivity index (χ1v) is 11.8. The highest BCUT2D eigenvalue weighted by molar-refractivity contribution is 7.91. The van der Waals surface area contributed by atoms with Gasteiger partial charge in [-0.1, -0.05) is 6.92 Å². The summed E-state index contributed by atoms with van der Waals surface area (Å²) < 4.78 is 64.9. The fraction of sp³-hybridized carbons (Fsp3) is 0.429. The number of anilines is 1. The first-order valence-electron chi connectivity index (χ1n) is 10.1. The van der Waals surface area contributed by atoms with E-state index in [1.165, 1.54) is 18.3 Å². The number of benzene rings is 1. The second-order valence-electron chi connectivity index (χ2n) is 7.42. The first kappa shape index (κ1) is 23.8. The molecule has 3 rings (SSSR count). The number of carbonyl (C=O) groups excluding carboxylic acids is 1. The van der Waals surface area contributed by atoms with Crippen molar-refractivity contribution in [3.63, 3.8) is 0 Å². The molecule has 1 amide bonds. The van der Waals surface area contributed by atoms with E-state index in [0.29, 0.717) is 30.8 Å². The molecule has 0 unspecified atom stereocenters. The molecule has 174 valence electrons. The minimum absolute atomic E-state index is 0.0519. The van der Waals surface area contributed by atoms with Crippen molar-refractivity contribution in [1.82, 2.24) is 10.3 Å². The summed E-state index contributed by atoms with van der Waals surface area (Å²) in [7, 11) is -3.24. The molecule has 2 heterocycles. The van der Waals surface area contributed by atoms with E-state index in [9.17, 15) is 26.4 Å². The Morgan fingerprint density at radius 3 is 2.34 bits per heavy atom. The SMILES string of the molecule is CCS(=O)(=O)c1ccc(N2CCC(NC(=O)c3ccc(OCC(F)(F)F)nc3)CC2)cc1. The van der Waals surface area contributed by atoms with Crippen molar-refractivity contribution in [2.45, 2.75) is 36.9 Å². The van der Waals surface area contributed by atoms with Crippen LogP contribution in [0.25, 0.3) is 0 Å². The lowest BCUT2D eigenvalue weighted by atomic mass is 10.0. The predicted octanol–water partition coefficient (Wildman–Crippen LogP) is 3.22. The quantitative estimate of drug-likeness (QED) is 0.667. The molecule has 11 heteroatoms. The summed E-state index contributed by atoms with van der Waals surface area (Å²) in [4.78, 5) is 18.6. The number of ether oxygens (including phenoxy) is 1. The molecule has 0 radical (unpaired) electrons. The van der Waals surface area contributed by atoms with Crippen molar-refractivity contribution in [2.24, 2.45) is 0 Å². The third-order valence-corrected chi connectivity index (χ3v) is 6.90. The number of nitrogens with zero attached hydrogens (tertiary/aromatic N) is 2. The predicted molar refractivity (Wildman–Crippen MR) is 113 cm³/mol. The smallest absolute Gasteiger partial charge is 0.422 e. The van der Waals surface area contributed by atoms with Crippen molar-refractivity contribution >= 4 is 21.4 Å². The average molecular weight is 472 g/mol. The van der Waals surface area contributed by atoms with Gasteiger partial charge < -0.3 is 15.0 Å². The van der Waals surface area contributed by atoms with Crippen LogP contribution in [0.15, 0.2) is 47.5 Å². The third kappa shape index (κ3) is 6.35. The van der Waals surface area contributed by atoms with Crippen LogP contribution in [0.3, 0.4) is 0 Å². The Bertz CT molecular complexity index is 1020. The number of carbonyl (C=O) groups is 1. The van der Waals surface area contributed by atoms with Gasteiger partial charge in [-0.15, -0.1) is 0 Å². The van der Waals surface area contributed by atoms with Gasteiger partial charge in [-0.3, -0.25) is 4.79 Å². The number of piperidine rings is 1. The fourth-order valence-electron chi connectivity index (χ4n) is 3.34. The van der Waals surface area contributed by atoms with Gasteiger partial charge in [0.05, 0.1) is 16.2 Å². The summed E-state index contributed by atoms with van der Waals surface area (Å²) in [5.41, 5.74) is 1.16. The van der Waals surface area contributed by atoms with Gasteiger partial charge in [-0.25, -0.2) is 13.4 Å². The number of aromatic nitrogens is 1. The van der Waals surface area contributed by atoms with Crippen LogP contribution >= 0.6 is 0 Å². The maximum atomic E-state index is 12.4. The highest BCUT2D eigenvalue weighted by Crippen LogP contribution is 2.23. The van der Waals surface area contributed by atoms with Crippen LogP contribution in [-0.4, -0.2) is 57.0 Å². The number of pyridine rings is 1. The Labute approximate surface area is 184 Å². The van der Waals surface area contributed by atoms with Gasteiger partial charge in [0.15, 0.2) is 16.4 Å². The highest BCUT2D eigenvalue weighted by atomic mass is 32.2. The van der Waals surface area contributed by atoms with E-state index in [2.05, 4.69) is 19.9 Å². The number of rotatable bonds is 7. The van der Waals surface area contributed by atoms with Crippen LogP contribution in [-0.2, 0) is 9.84 Å². The number of halogens is 3. The molecule has 1 fully saturated rings. The van der Waals surface area contributed by atoms with Gasteiger partial charge in [-0.05, 0) is 43.2 Å². The number of alkyl halides is 3. The summed E-state index contributed by atoms with van der Waals surface area (Å²) in [6.07, 6.45) is -1.88. The van der Waals surface area contributed by atoms with Crippen LogP contribution in [0, 0.1) is 0 Å². The number of hydrogen-bond donors (Lipinski definition) is 1. The molecule has 1 aromatic heterocycles. The molecule has 0 saturated carbocycles. The molecule has 7 nitrogen and oxygen atoms in total. The van der Waals surface area contributed by atoms with E-state index < -0.39 is 22.6 Å². The Balaban J connectivity index is 1.50. The standard InChI is InChI=1S/C21H24F3N3O4S/c1-2-32(29,30)18-6-4-17(5-7-18)27-11-9-16(10-12-27)26-20(28)15-3-8-19(25-13-15)31-14-21(22,23)24/h3-8,13,16H,2,9-12,14H2,1H3,(H,26,28). The van der Waals surface area contributed by atoms with Gasteiger partial charge in [0, 0.05) is 37.1 Å². The van der Waals surface area contributed by atoms with E-state index in [1.54, 1.807) is 31.2 Å². The Kier molecular flexibility index (Phi) is 7.27. The maximum Gasteiger partial charge on any atom is 0.422 e. The van der Waals surface area contributed by atoms with Crippen molar-refractivity contribution < 1.29 is 31.1 Å². The van der Waals surface area contributed by atoms with Crippen LogP contribution in [0.5, 0.6) is 5.88 Å². The molecular formula is C21H24F3N3O4S. The highest BCUT2D eigenvalue weighted by Gasteiger charge is 2.28.